The van der Waals surface area contributed by atoms with Crippen LogP contribution in [0.1, 0.15) is 23.6 Å². The van der Waals surface area contributed by atoms with Crippen LogP contribution in [0, 0.1) is 0 Å². The Balaban J connectivity index is 2.48. The number of alkyl halides is 3. The number of allylic oxidation sites excluding steroid dienone is 2. The Morgan fingerprint density at radius 2 is 1.81 bits per heavy atom. The van der Waals surface area contributed by atoms with Gasteiger partial charge in [-0.05, 0) is 47.9 Å². The summed E-state index contributed by atoms with van der Waals surface area (Å²) in [5, 5.41) is 8.75. The zero-order valence-electron chi connectivity index (χ0n) is 14.0. The SMILES string of the molecule is CCOc1cccc(/C(=C/C=C/C(=O)O)c2ccc(C(F)(F)F)cc2)c1. The summed E-state index contributed by atoms with van der Waals surface area (Å²) in [7, 11) is 0. The molecule has 0 spiro atoms. The number of carboxylic acid groups (broad SMARTS) is 1. The Labute approximate surface area is 149 Å². The van der Waals surface area contributed by atoms with Gasteiger partial charge in [-0.3, -0.25) is 0 Å². The quantitative estimate of drug-likeness (QED) is 0.569. The second-order valence-electron chi connectivity index (χ2n) is 5.31. The maximum absolute atomic E-state index is 12.8. The van der Waals surface area contributed by atoms with E-state index in [4.69, 9.17) is 9.84 Å². The van der Waals surface area contributed by atoms with Crippen LogP contribution in [0.5, 0.6) is 5.75 Å². The van der Waals surface area contributed by atoms with Crippen LogP contribution >= 0.6 is 0 Å². The van der Waals surface area contributed by atoms with Crippen LogP contribution in [0.2, 0.25) is 0 Å². The van der Waals surface area contributed by atoms with Gasteiger partial charge in [0.25, 0.3) is 0 Å². The normalized spacial score (nSPS) is 12.4. The molecule has 2 rings (SSSR count). The molecule has 0 radical (unpaired) electrons. The third-order valence-electron chi connectivity index (χ3n) is 3.48. The van der Waals surface area contributed by atoms with Crippen LogP contribution < -0.4 is 4.74 Å². The number of hydrogen-bond acceptors (Lipinski definition) is 2. The van der Waals surface area contributed by atoms with Crippen LogP contribution in [0.15, 0.2) is 66.8 Å². The summed E-state index contributed by atoms with van der Waals surface area (Å²) < 4.78 is 43.7. The van der Waals surface area contributed by atoms with Crippen molar-refractivity contribution in [3.63, 3.8) is 0 Å². The molecule has 0 aliphatic heterocycles. The molecular weight excluding hydrogens is 345 g/mol. The first kappa shape index (κ1) is 19.3. The number of carboxylic acids is 1. The molecule has 0 aliphatic carbocycles. The summed E-state index contributed by atoms with van der Waals surface area (Å²) in [6.45, 7) is 2.32. The van der Waals surface area contributed by atoms with Gasteiger partial charge in [-0.1, -0.05) is 36.4 Å². The predicted octanol–water partition coefficient (Wildman–Crippen LogP) is 5.18. The van der Waals surface area contributed by atoms with Crippen molar-refractivity contribution < 1.29 is 27.8 Å². The van der Waals surface area contributed by atoms with Gasteiger partial charge >= 0.3 is 12.1 Å². The highest BCUT2D eigenvalue weighted by molar-refractivity contribution is 5.84. The van der Waals surface area contributed by atoms with Gasteiger partial charge in [-0.25, -0.2) is 4.79 Å². The fraction of sp³-hybridized carbons (Fsp3) is 0.150. The van der Waals surface area contributed by atoms with E-state index in [-0.39, 0.29) is 0 Å². The molecule has 26 heavy (non-hydrogen) atoms. The number of rotatable bonds is 6. The Morgan fingerprint density at radius 3 is 2.38 bits per heavy atom. The van der Waals surface area contributed by atoms with E-state index in [9.17, 15) is 18.0 Å². The van der Waals surface area contributed by atoms with Gasteiger partial charge in [0.15, 0.2) is 0 Å². The fourth-order valence-corrected chi connectivity index (χ4v) is 2.34. The van der Waals surface area contributed by atoms with Gasteiger partial charge in [0.2, 0.25) is 0 Å². The molecule has 0 atom stereocenters. The van der Waals surface area contributed by atoms with Crippen molar-refractivity contribution in [2.75, 3.05) is 6.61 Å². The number of benzene rings is 2. The Morgan fingerprint density at radius 1 is 1.12 bits per heavy atom. The molecule has 0 saturated heterocycles. The van der Waals surface area contributed by atoms with Crippen molar-refractivity contribution in [2.24, 2.45) is 0 Å². The zero-order valence-corrected chi connectivity index (χ0v) is 14.0. The Bertz CT molecular complexity index is 819. The van der Waals surface area contributed by atoms with Gasteiger partial charge in [-0.15, -0.1) is 0 Å². The van der Waals surface area contributed by atoms with Crippen molar-refractivity contribution in [3.05, 3.63) is 83.4 Å². The highest BCUT2D eigenvalue weighted by atomic mass is 19.4. The minimum atomic E-state index is -4.42. The summed E-state index contributed by atoms with van der Waals surface area (Å²) in [5.74, 6) is -0.499. The zero-order chi connectivity index (χ0) is 19.2. The molecule has 0 aromatic heterocycles. The fourth-order valence-electron chi connectivity index (χ4n) is 2.34. The van der Waals surface area contributed by atoms with E-state index in [0.717, 1.165) is 18.2 Å². The second-order valence-corrected chi connectivity index (χ2v) is 5.31. The maximum Gasteiger partial charge on any atom is 0.416 e. The molecule has 2 aromatic carbocycles. The lowest BCUT2D eigenvalue weighted by atomic mass is 9.96. The summed E-state index contributed by atoms with van der Waals surface area (Å²) in [6, 6.07) is 11.8. The Kier molecular flexibility index (Phi) is 6.22. The molecule has 6 heteroatoms. The number of carbonyl (C=O) groups is 1. The number of halogens is 3. The largest absolute Gasteiger partial charge is 0.494 e. The van der Waals surface area contributed by atoms with E-state index >= 15 is 0 Å². The van der Waals surface area contributed by atoms with Gasteiger partial charge in [0, 0.05) is 6.08 Å². The Hall–Kier alpha value is -3.02. The molecule has 0 fully saturated rings. The standard InChI is InChI=1S/C20H17F3O3/c1-2-26-17-6-3-5-15(13-17)18(7-4-8-19(24)25)14-9-11-16(12-10-14)20(21,22)23/h3-13H,2H2,1H3,(H,24,25)/b8-4+,18-7+. The van der Waals surface area contributed by atoms with Crippen LogP contribution in [0.3, 0.4) is 0 Å². The minimum Gasteiger partial charge on any atom is -0.494 e. The van der Waals surface area contributed by atoms with Crippen molar-refractivity contribution in [1.29, 1.82) is 0 Å². The molecule has 0 saturated carbocycles. The number of aliphatic carboxylic acids is 1. The summed E-state index contributed by atoms with van der Waals surface area (Å²) in [4.78, 5) is 10.7. The van der Waals surface area contributed by atoms with E-state index in [1.54, 1.807) is 30.3 Å². The second kappa shape index (κ2) is 8.38. The first-order valence-electron chi connectivity index (χ1n) is 7.83. The van der Waals surface area contributed by atoms with Crippen molar-refractivity contribution in [3.8, 4) is 5.75 Å². The molecule has 0 amide bonds. The van der Waals surface area contributed by atoms with Crippen LogP contribution in [0.4, 0.5) is 13.2 Å². The lowest BCUT2D eigenvalue weighted by Gasteiger charge is -2.12. The van der Waals surface area contributed by atoms with E-state index in [1.165, 1.54) is 18.2 Å². The van der Waals surface area contributed by atoms with Gasteiger partial charge in [0.1, 0.15) is 5.75 Å². The predicted molar refractivity (Wildman–Crippen MR) is 92.9 cm³/mol. The lowest BCUT2D eigenvalue weighted by Crippen LogP contribution is -2.04. The topological polar surface area (TPSA) is 46.5 Å². The highest BCUT2D eigenvalue weighted by Crippen LogP contribution is 2.32. The first-order valence-corrected chi connectivity index (χ1v) is 7.83. The molecule has 0 unspecified atom stereocenters. The van der Waals surface area contributed by atoms with Crippen LogP contribution in [0.25, 0.3) is 5.57 Å². The molecule has 136 valence electrons. The number of ether oxygens (including phenoxy) is 1. The third kappa shape index (κ3) is 5.24. The van der Waals surface area contributed by atoms with Gasteiger partial charge in [0.05, 0.1) is 12.2 Å². The highest BCUT2D eigenvalue weighted by Gasteiger charge is 2.30. The third-order valence-corrected chi connectivity index (χ3v) is 3.48. The molecule has 0 heterocycles. The van der Waals surface area contributed by atoms with Gasteiger partial charge in [-0.2, -0.15) is 13.2 Å². The van der Waals surface area contributed by atoms with E-state index in [0.29, 0.717) is 29.1 Å². The van der Waals surface area contributed by atoms with E-state index < -0.39 is 17.7 Å². The van der Waals surface area contributed by atoms with Crippen molar-refractivity contribution >= 4 is 11.5 Å². The first-order chi connectivity index (χ1) is 12.3. The van der Waals surface area contributed by atoms with Crippen molar-refractivity contribution in [1.82, 2.24) is 0 Å². The smallest absolute Gasteiger partial charge is 0.416 e. The van der Waals surface area contributed by atoms with Crippen molar-refractivity contribution in [2.45, 2.75) is 13.1 Å². The molecule has 0 aliphatic rings. The molecule has 3 nitrogen and oxygen atoms in total. The molecular formula is C20H17F3O3. The van der Waals surface area contributed by atoms with Crippen LogP contribution in [-0.4, -0.2) is 17.7 Å². The monoisotopic (exact) mass is 362 g/mol. The summed E-state index contributed by atoms with van der Waals surface area (Å²) >= 11 is 0. The average molecular weight is 362 g/mol. The summed E-state index contributed by atoms with van der Waals surface area (Å²) in [6.07, 6.45) is -0.582. The molecule has 2 aromatic rings. The van der Waals surface area contributed by atoms with E-state index in [1.807, 2.05) is 6.92 Å². The van der Waals surface area contributed by atoms with Crippen LogP contribution in [-0.2, 0) is 11.0 Å². The molecule has 1 N–H and O–H groups in total. The lowest BCUT2D eigenvalue weighted by molar-refractivity contribution is -0.137. The van der Waals surface area contributed by atoms with Gasteiger partial charge < -0.3 is 9.84 Å². The average Bonchev–Trinajstić information content (AvgIpc) is 2.58. The molecule has 0 bridgehead atoms. The van der Waals surface area contributed by atoms with E-state index in [2.05, 4.69) is 0 Å². The minimum absolute atomic E-state index is 0.474. The maximum atomic E-state index is 12.8. The summed E-state index contributed by atoms with van der Waals surface area (Å²) in [5.41, 5.74) is 1.06. The number of hydrogen-bond donors (Lipinski definition) is 1.